The van der Waals surface area contributed by atoms with E-state index in [0.717, 1.165) is 0 Å². The zero-order valence-corrected chi connectivity index (χ0v) is 9.49. The molecule has 2 rings (SSSR count). The Kier molecular flexibility index (Phi) is 3.38. The maximum atomic E-state index is 13.5. The van der Waals surface area contributed by atoms with E-state index in [1.165, 1.54) is 23.1 Å². The summed E-state index contributed by atoms with van der Waals surface area (Å²) in [7, 11) is 1.65. The van der Waals surface area contributed by atoms with E-state index in [4.69, 9.17) is 0 Å². The van der Waals surface area contributed by atoms with Crippen molar-refractivity contribution in [2.75, 3.05) is 20.1 Å². The molecule has 1 aliphatic heterocycles. The fourth-order valence-corrected chi connectivity index (χ4v) is 2.01. The topological polar surface area (TPSA) is 32.3 Å². The quantitative estimate of drug-likeness (QED) is 0.842. The minimum Gasteiger partial charge on any atom is -0.334 e. The molecule has 1 aromatic carbocycles. The van der Waals surface area contributed by atoms with E-state index in [1.807, 2.05) is 0 Å². The maximum Gasteiger partial charge on any atom is 0.256 e. The van der Waals surface area contributed by atoms with Crippen molar-refractivity contribution in [2.24, 2.45) is 0 Å². The number of carbonyl (C=O) groups is 1. The van der Waals surface area contributed by atoms with E-state index in [-0.39, 0.29) is 24.7 Å². The van der Waals surface area contributed by atoms with Gasteiger partial charge in [-0.2, -0.15) is 0 Å². The summed E-state index contributed by atoms with van der Waals surface area (Å²) in [6.45, 7) is 0.281. The molecule has 0 aromatic heterocycles. The number of benzene rings is 1. The standard InChI is InChI=1S/C12H14F2N2O/c1-15-11-7-16(6-10(11)14)12(17)8-4-2-3-5-9(8)13/h2-5,10-11,15H,6-7H2,1H3/t10-,11+/m0/s1. The van der Waals surface area contributed by atoms with E-state index in [9.17, 15) is 13.6 Å². The summed E-state index contributed by atoms with van der Waals surface area (Å²) in [6.07, 6.45) is -1.10. The van der Waals surface area contributed by atoms with Gasteiger partial charge in [0, 0.05) is 6.54 Å². The molecule has 0 unspecified atom stereocenters. The highest BCUT2D eigenvalue weighted by atomic mass is 19.1. The Morgan fingerprint density at radius 2 is 2.12 bits per heavy atom. The molecule has 0 radical (unpaired) electrons. The number of likely N-dealkylation sites (N-methyl/N-ethyl adjacent to an activating group) is 1. The van der Waals surface area contributed by atoms with Crippen LogP contribution in [-0.2, 0) is 0 Å². The van der Waals surface area contributed by atoms with Gasteiger partial charge in [-0.3, -0.25) is 4.79 Å². The second kappa shape index (κ2) is 4.79. The Labute approximate surface area is 98.4 Å². The van der Waals surface area contributed by atoms with Crippen molar-refractivity contribution < 1.29 is 13.6 Å². The monoisotopic (exact) mass is 240 g/mol. The van der Waals surface area contributed by atoms with E-state index in [1.54, 1.807) is 13.1 Å². The van der Waals surface area contributed by atoms with Crippen molar-refractivity contribution in [3.8, 4) is 0 Å². The lowest BCUT2D eigenvalue weighted by Crippen LogP contribution is -2.35. The highest BCUT2D eigenvalue weighted by Gasteiger charge is 2.35. The van der Waals surface area contributed by atoms with Gasteiger partial charge in [-0.1, -0.05) is 12.1 Å². The van der Waals surface area contributed by atoms with Crippen molar-refractivity contribution in [1.29, 1.82) is 0 Å². The van der Waals surface area contributed by atoms with Gasteiger partial charge in [0.15, 0.2) is 0 Å². The van der Waals surface area contributed by atoms with Crippen molar-refractivity contribution >= 4 is 5.91 Å². The number of alkyl halides is 1. The van der Waals surface area contributed by atoms with Crippen LogP contribution in [0.25, 0.3) is 0 Å². The lowest BCUT2D eigenvalue weighted by molar-refractivity contribution is 0.0777. The predicted molar refractivity (Wildman–Crippen MR) is 60.0 cm³/mol. The number of hydrogen-bond acceptors (Lipinski definition) is 2. The first kappa shape index (κ1) is 12.0. The summed E-state index contributed by atoms with van der Waals surface area (Å²) in [4.78, 5) is 13.3. The minimum atomic E-state index is -1.10. The Bertz CT molecular complexity index is 425. The molecule has 1 aliphatic rings. The fourth-order valence-electron chi connectivity index (χ4n) is 2.01. The van der Waals surface area contributed by atoms with Gasteiger partial charge in [0.1, 0.15) is 12.0 Å². The molecule has 1 saturated heterocycles. The van der Waals surface area contributed by atoms with Gasteiger partial charge in [-0.15, -0.1) is 0 Å². The molecule has 92 valence electrons. The second-order valence-corrected chi connectivity index (χ2v) is 4.10. The Morgan fingerprint density at radius 3 is 2.71 bits per heavy atom. The number of hydrogen-bond donors (Lipinski definition) is 1. The van der Waals surface area contributed by atoms with Crippen LogP contribution in [0.4, 0.5) is 8.78 Å². The van der Waals surface area contributed by atoms with E-state index >= 15 is 0 Å². The van der Waals surface area contributed by atoms with Gasteiger partial charge >= 0.3 is 0 Å². The molecule has 1 amide bonds. The zero-order chi connectivity index (χ0) is 12.4. The summed E-state index contributed by atoms with van der Waals surface area (Å²) >= 11 is 0. The Balaban J connectivity index is 2.15. The van der Waals surface area contributed by atoms with Crippen LogP contribution in [0.15, 0.2) is 24.3 Å². The summed E-state index contributed by atoms with van der Waals surface area (Å²) < 4.78 is 26.9. The predicted octanol–water partition coefficient (Wildman–Crippen LogP) is 1.21. The summed E-state index contributed by atoms with van der Waals surface area (Å²) in [5.41, 5.74) is -0.00328. The van der Waals surface area contributed by atoms with Gasteiger partial charge in [0.2, 0.25) is 0 Å². The van der Waals surface area contributed by atoms with Crippen LogP contribution >= 0.6 is 0 Å². The third-order valence-electron chi connectivity index (χ3n) is 3.01. The highest BCUT2D eigenvalue weighted by Crippen LogP contribution is 2.17. The smallest absolute Gasteiger partial charge is 0.256 e. The third-order valence-corrected chi connectivity index (χ3v) is 3.01. The average molecular weight is 240 g/mol. The normalized spacial score (nSPS) is 24.1. The summed E-state index contributed by atoms with van der Waals surface area (Å²) in [5.74, 6) is -1.02. The molecule has 3 nitrogen and oxygen atoms in total. The first-order chi connectivity index (χ1) is 8.13. The van der Waals surface area contributed by atoms with Crippen molar-refractivity contribution in [2.45, 2.75) is 12.2 Å². The number of nitrogens with one attached hydrogen (secondary N) is 1. The second-order valence-electron chi connectivity index (χ2n) is 4.10. The molecule has 5 heteroatoms. The Morgan fingerprint density at radius 1 is 1.41 bits per heavy atom. The number of halogens is 2. The molecule has 1 aromatic rings. The van der Waals surface area contributed by atoms with Gasteiger partial charge in [-0.05, 0) is 19.2 Å². The number of likely N-dealkylation sites (tertiary alicyclic amines) is 1. The summed E-state index contributed by atoms with van der Waals surface area (Å²) in [5, 5.41) is 2.80. The van der Waals surface area contributed by atoms with E-state index in [2.05, 4.69) is 5.32 Å². The van der Waals surface area contributed by atoms with Crippen molar-refractivity contribution in [3.05, 3.63) is 35.6 Å². The number of rotatable bonds is 2. The van der Waals surface area contributed by atoms with Gasteiger partial charge < -0.3 is 10.2 Å². The Hall–Kier alpha value is -1.49. The minimum absolute atomic E-state index is 0.00328. The van der Waals surface area contributed by atoms with Gasteiger partial charge in [-0.25, -0.2) is 8.78 Å². The van der Waals surface area contributed by atoms with Gasteiger partial charge in [0.25, 0.3) is 5.91 Å². The average Bonchev–Trinajstić information content (AvgIpc) is 2.70. The first-order valence-electron chi connectivity index (χ1n) is 5.48. The third kappa shape index (κ3) is 2.29. The molecule has 1 heterocycles. The van der Waals surface area contributed by atoms with Crippen LogP contribution in [0.5, 0.6) is 0 Å². The van der Waals surface area contributed by atoms with Crippen molar-refractivity contribution in [3.63, 3.8) is 0 Å². The van der Waals surface area contributed by atoms with Crippen LogP contribution in [-0.4, -0.2) is 43.2 Å². The number of nitrogens with zero attached hydrogens (tertiary/aromatic N) is 1. The molecular formula is C12H14F2N2O. The van der Waals surface area contributed by atoms with Crippen LogP contribution < -0.4 is 5.32 Å². The largest absolute Gasteiger partial charge is 0.334 e. The molecule has 2 atom stereocenters. The van der Waals surface area contributed by atoms with E-state index in [0.29, 0.717) is 0 Å². The molecule has 0 spiro atoms. The molecule has 1 N–H and O–H groups in total. The highest BCUT2D eigenvalue weighted by molar-refractivity contribution is 5.94. The van der Waals surface area contributed by atoms with Crippen LogP contribution in [0.1, 0.15) is 10.4 Å². The SMILES string of the molecule is CN[C@@H]1CN(C(=O)c2ccccc2F)C[C@@H]1F. The molecule has 0 bridgehead atoms. The number of carbonyl (C=O) groups excluding carboxylic acids is 1. The lowest BCUT2D eigenvalue weighted by Gasteiger charge is -2.16. The van der Waals surface area contributed by atoms with E-state index < -0.39 is 17.9 Å². The molecular weight excluding hydrogens is 226 g/mol. The molecule has 0 saturated carbocycles. The van der Waals surface area contributed by atoms with Crippen LogP contribution in [0.3, 0.4) is 0 Å². The van der Waals surface area contributed by atoms with Crippen molar-refractivity contribution in [1.82, 2.24) is 10.2 Å². The summed E-state index contributed by atoms with van der Waals surface area (Å²) in [6, 6.07) is 5.38. The fraction of sp³-hybridized carbons (Fsp3) is 0.417. The molecule has 0 aliphatic carbocycles. The number of amides is 1. The zero-order valence-electron chi connectivity index (χ0n) is 9.49. The van der Waals surface area contributed by atoms with Gasteiger partial charge in [0.05, 0.1) is 18.2 Å². The maximum absolute atomic E-state index is 13.5. The molecule has 1 fully saturated rings. The first-order valence-corrected chi connectivity index (χ1v) is 5.48. The van der Waals surface area contributed by atoms with Crippen LogP contribution in [0, 0.1) is 5.82 Å². The lowest BCUT2D eigenvalue weighted by atomic mass is 10.2. The molecule has 17 heavy (non-hydrogen) atoms. The van der Waals surface area contributed by atoms with Crippen LogP contribution in [0.2, 0.25) is 0 Å².